The zero-order chi connectivity index (χ0) is 7.72. The van der Waals surface area contributed by atoms with Gasteiger partial charge in [-0.1, -0.05) is 11.6 Å². The molecule has 0 fully saturated rings. The highest BCUT2D eigenvalue weighted by Gasteiger charge is 2.07. The van der Waals surface area contributed by atoms with E-state index in [1.54, 1.807) is 6.92 Å². The van der Waals surface area contributed by atoms with Crippen LogP contribution in [0.25, 0.3) is 0 Å². The molecule has 1 aromatic rings. The van der Waals surface area contributed by atoms with Crippen molar-refractivity contribution in [2.45, 2.75) is 13.0 Å². The van der Waals surface area contributed by atoms with E-state index in [9.17, 15) is 0 Å². The Labute approximate surface area is 76.8 Å². The Bertz CT molecular complexity index is 214. The third-order valence-corrected chi connectivity index (χ3v) is 3.72. The lowest BCUT2D eigenvalue weighted by atomic mass is 10.3. The SMILES string of the molecule is C[C@@H](O)c1cc(Br)c(Cl)s1. The minimum atomic E-state index is -0.422. The molecule has 4 heteroatoms. The van der Waals surface area contributed by atoms with Gasteiger partial charge in [0.25, 0.3) is 0 Å². The lowest BCUT2D eigenvalue weighted by molar-refractivity contribution is 0.203. The van der Waals surface area contributed by atoms with Gasteiger partial charge in [-0.2, -0.15) is 0 Å². The van der Waals surface area contributed by atoms with Crippen LogP contribution in [-0.4, -0.2) is 5.11 Å². The van der Waals surface area contributed by atoms with Gasteiger partial charge in [-0.05, 0) is 28.9 Å². The average Bonchev–Trinajstić information content (AvgIpc) is 2.13. The van der Waals surface area contributed by atoms with E-state index in [4.69, 9.17) is 16.7 Å². The number of hydrogen-bond acceptors (Lipinski definition) is 2. The topological polar surface area (TPSA) is 20.2 Å². The Balaban J connectivity index is 2.98. The summed E-state index contributed by atoms with van der Waals surface area (Å²) in [5, 5.41) is 9.09. The van der Waals surface area contributed by atoms with Gasteiger partial charge in [0.2, 0.25) is 0 Å². The Morgan fingerprint density at radius 2 is 2.40 bits per heavy atom. The number of rotatable bonds is 1. The first kappa shape index (κ1) is 8.53. The van der Waals surface area contributed by atoms with Gasteiger partial charge in [-0.15, -0.1) is 11.3 Å². The molecule has 1 rings (SSSR count). The summed E-state index contributed by atoms with van der Waals surface area (Å²) >= 11 is 10.4. The molecule has 10 heavy (non-hydrogen) atoms. The molecule has 0 bridgehead atoms. The lowest BCUT2D eigenvalue weighted by Gasteiger charge is -1.95. The van der Waals surface area contributed by atoms with Crippen molar-refractivity contribution in [1.82, 2.24) is 0 Å². The number of aliphatic hydroxyl groups is 1. The Kier molecular flexibility index (Phi) is 2.74. The molecule has 0 aliphatic heterocycles. The molecule has 0 aliphatic carbocycles. The molecule has 1 heterocycles. The van der Waals surface area contributed by atoms with Crippen LogP contribution in [0.4, 0.5) is 0 Å². The lowest BCUT2D eigenvalue weighted by Crippen LogP contribution is -1.83. The first-order chi connectivity index (χ1) is 4.61. The molecule has 0 amide bonds. The minimum Gasteiger partial charge on any atom is -0.388 e. The second-order valence-electron chi connectivity index (χ2n) is 1.95. The summed E-state index contributed by atoms with van der Waals surface area (Å²) in [5.41, 5.74) is 0. The third kappa shape index (κ3) is 1.72. The monoisotopic (exact) mass is 240 g/mol. The van der Waals surface area contributed by atoms with Crippen LogP contribution in [0.15, 0.2) is 10.5 Å². The molecule has 56 valence electrons. The van der Waals surface area contributed by atoms with Crippen LogP contribution in [0.5, 0.6) is 0 Å². The van der Waals surface area contributed by atoms with E-state index in [0.29, 0.717) is 4.34 Å². The van der Waals surface area contributed by atoms with Crippen molar-refractivity contribution in [2.24, 2.45) is 0 Å². The predicted octanol–water partition coefficient (Wildman–Crippen LogP) is 3.22. The van der Waals surface area contributed by atoms with Gasteiger partial charge in [-0.25, -0.2) is 0 Å². The first-order valence-corrected chi connectivity index (χ1v) is 4.73. The fraction of sp³-hybridized carbons (Fsp3) is 0.333. The number of halogens is 2. The molecule has 0 saturated carbocycles. The van der Waals surface area contributed by atoms with Gasteiger partial charge < -0.3 is 5.11 Å². The van der Waals surface area contributed by atoms with Crippen LogP contribution in [0.3, 0.4) is 0 Å². The summed E-state index contributed by atoms with van der Waals surface area (Å²) in [6.07, 6.45) is -0.422. The van der Waals surface area contributed by atoms with Crippen molar-refractivity contribution in [1.29, 1.82) is 0 Å². The normalized spacial score (nSPS) is 13.6. The Morgan fingerprint density at radius 3 is 2.60 bits per heavy atom. The highest BCUT2D eigenvalue weighted by atomic mass is 79.9. The van der Waals surface area contributed by atoms with Gasteiger partial charge in [0, 0.05) is 9.35 Å². The predicted molar refractivity (Wildman–Crippen MR) is 47.7 cm³/mol. The zero-order valence-corrected chi connectivity index (χ0v) is 8.42. The smallest absolute Gasteiger partial charge is 0.107 e. The second-order valence-corrected chi connectivity index (χ2v) is 4.49. The maximum atomic E-state index is 9.09. The Hall–Kier alpha value is 0.430. The molecule has 0 aromatic carbocycles. The fourth-order valence-corrected chi connectivity index (χ4v) is 2.24. The fourth-order valence-electron chi connectivity index (χ4n) is 0.569. The molecule has 0 spiro atoms. The van der Waals surface area contributed by atoms with E-state index in [2.05, 4.69) is 15.9 Å². The quantitative estimate of drug-likeness (QED) is 0.800. The number of aliphatic hydroxyl groups excluding tert-OH is 1. The summed E-state index contributed by atoms with van der Waals surface area (Å²) in [6, 6.07) is 1.83. The second kappa shape index (κ2) is 3.22. The third-order valence-electron chi connectivity index (χ3n) is 1.08. The van der Waals surface area contributed by atoms with Gasteiger partial charge >= 0.3 is 0 Å². The van der Waals surface area contributed by atoms with Gasteiger partial charge in [0.1, 0.15) is 4.34 Å². The highest BCUT2D eigenvalue weighted by molar-refractivity contribution is 9.10. The van der Waals surface area contributed by atoms with Crippen molar-refractivity contribution >= 4 is 38.9 Å². The summed E-state index contributed by atoms with van der Waals surface area (Å²) in [7, 11) is 0. The largest absolute Gasteiger partial charge is 0.388 e. The molecule has 0 radical (unpaired) electrons. The standard InChI is InChI=1S/C6H6BrClOS/c1-3(9)5-2-4(7)6(8)10-5/h2-3,9H,1H3/t3-/m1/s1. The van der Waals surface area contributed by atoms with Crippen molar-refractivity contribution < 1.29 is 5.11 Å². The van der Waals surface area contributed by atoms with Gasteiger partial charge in [-0.3, -0.25) is 0 Å². The van der Waals surface area contributed by atoms with Crippen LogP contribution in [0.2, 0.25) is 4.34 Å². The molecular weight excluding hydrogens is 235 g/mol. The molecule has 0 unspecified atom stereocenters. The minimum absolute atomic E-state index is 0.422. The maximum absolute atomic E-state index is 9.09. The summed E-state index contributed by atoms with van der Waals surface area (Å²) in [4.78, 5) is 0.886. The molecular formula is C6H6BrClOS. The van der Waals surface area contributed by atoms with E-state index in [0.717, 1.165) is 9.35 Å². The van der Waals surface area contributed by atoms with Crippen molar-refractivity contribution in [3.8, 4) is 0 Å². The summed E-state index contributed by atoms with van der Waals surface area (Å²) in [5.74, 6) is 0. The van der Waals surface area contributed by atoms with E-state index < -0.39 is 6.10 Å². The summed E-state index contributed by atoms with van der Waals surface area (Å²) in [6.45, 7) is 1.72. The number of hydrogen-bond donors (Lipinski definition) is 1. The van der Waals surface area contributed by atoms with Gasteiger partial charge in [0.15, 0.2) is 0 Å². The van der Waals surface area contributed by atoms with Crippen LogP contribution in [-0.2, 0) is 0 Å². The summed E-state index contributed by atoms with van der Waals surface area (Å²) < 4.78 is 1.55. The van der Waals surface area contributed by atoms with E-state index >= 15 is 0 Å². The molecule has 1 N–H and O–H groups in total. The molecule has 0 saturated heterocycles. The maximum Gasteiger partial charge on any atom is 0.107 e. The van der Waals surface area contributed by atoms with E-state index in [-0.39, 0.29) is 0 Å². The molecule has 1 aromatic heterocycles. The highest BCUT2D eigenvalue weighted by Crippen LogP contribution is 2.34. The van der Waals surface area contributed by atoms with Crippen molar-refractivity contribution in [3.05, 3.63) is 19.8 Å². The van der Waals surface area contributed by atoms with Gasteiger partial charge in [0.05, 0.1) is 6.10 Å². The van der Waals surface area contributed by atoms with Crippen LogP contribution in [0, 0.1) is 0 Å². The first-order valence-electron chi connectivity index (χ1n) is 2.74. The van der Waals surface area contributed by atoms with Crippen LogP contribution >= 0.6 is 38.9 Å². The Morgan fingerprint density at radius 1 is 1.80 bits per heavy atom. The molecule has 0 aliphatic rings. The zero-order valence-electron chi connectivity index (χ0n) is 5.27. The van der Waals surface area contributed by atoms with Crippen LogP contribution in [0.1, 0.15) is 17.9 Å². The number of thiophene rings is 1. The molecule has 1 atom stereocenters. The van der Waals surface area contributed by atoms with Crippen molar-refractivity contribution in [2.75, 3.05) is 0 Å². The van der Waals surface area contributed by atoms with E-state index in [1.165, 1.54) is 11.3 Å². The molecule has 1 nitrogen and oxygen atoms in total. The van der Waals surface area contributed by atoms with Crippen molar-refractivity contribution in [3.63, 3.8) is 0 Å². The van der Waals surface area contributed by atoms with Crippen LogP contribution < -0.4 is 0 Å². The average molecular weight is 242 g/mol. The van der Waals surface area contributed by atoms with E-state index in [1.807, 2.05) is 6.07 Å².